The molecule has 2 nitrogen and oxygen atoms in total. The molecule has 1 aliphatic rings. The Balaban J connectivity index is 2.12. The van der Waals surface area contributed by atoms with E-state index in [0.717, 1.165) is 12.5 Å². The van der Waals surface area contributed by atoms with Gasteiger partial charge in [0.05, 0.1) is 0 Å². The Bertz CT molecular complexity index is 217. The first kappa shape index (κ1) is 18.0. The molecule has 2 atom stereocenters. The van der Waals surface area contributed by atoms with Crippen molar-refractivity contribution >= 4 is 0 Å². The van der Waals surface area contributed by atoms with Gasteiger partial charge in [-0.05, 0) is 31.7 Å². The normalized spacial score (nSPS) is 22.1. The number of hydrogen-bond donors (Lipinski definition) is 1. The number of rotatable bonds is 11. The van der Waals surface area contributed by atoms with Crippen LogP contribution in [0.15, 0.2) is 0 Å². The molecule has 2 heteroatoms. The van der Waals surface area contributed by atoms with E-state index in [4.69, 9.17) is 5.73 Å². The smallest absolute Gasteiger partial charge is 0.0218 e. The van der Waals surface area contributed by atoms with Gasteiger partial charge >= 0.3 is 0 Å². The van der Waals surface area contributed by atoms with Gasteiger partial charge in [-0.25, -0.2) is 0 Å². The van der Waals surface area contributed by atoms with E-state index in [1.54, 1.807) is 0 Å². The molecule has 20 heavy (non-hydrogen) atoms. The van der Waals surface area contributed by atoms with Crippen LogP contribution in [-0.4, -0.2) is 30.6 Å². The Labute approximate surface area is 127 Å². The average Bonchev–Trinajstić information content (AvgIpc) is 2.50. The maximum Gasteiger partial charge on any atom is 0.0218 e. The molecule has 0 spiro atoms. The maximum atomic E-state index is 6.03. The molecular formula is C18H38N2. The summed E-state index contributed by atoms with van der Waals surface area (Å²) in [6.45, 7) is 8.06. The van der Waals surface area contributed by atoms with Crippen LogP contribution in [0.3, 0.4) is 0 Å². The summed E-state index contributed by atoms with van der Waals surface area (Å²) >= 11 is 0. The van der Waals surface area contributed by atoms with E-state index in [2.05, 4.69) is 18.7 Å². The third-order valence-electron chi connectivity index (χ3n) is 5.06. The quantitative estimate of drug-likeness (QED) is 0.562. The molecule has 120 valence electrons. The zero-order chi connectivity index (χ0) is 14.6. The largest absolute Gasteiger partial charge is 0.329 e. The summed E-state index contributed by atoms with van der Waals surface area (Å²) < 4.78 is 0. The molecule has 1 saturated heterocycles. The maximum absolute atomic E-state index is 6.03. The first-order valence-electron chi connectivity index (χ1n) is 9.25. The van der Waals surface area contributed by atoms with Crippen LogP contribution in [0.2, 0.25) is 0 Å². The molecule has 0 saturated carbocycles. The van der Waals surface area contributed by atoms with Crippen LogP contribution < -0.4 is 5.73 Å². The fraction of sp³-hybridized carbons (Fsp3) is 1.00. The monoisotopic (exact) mass is 282 g/mol. The van der Waals surface area contributed by atoms with Crippen LogP contribution in [0.5, 0.6) is 0 Å². The van der Waals surface area contributed by atoms with Gasteiger partial charge in [-0.1, -0.05) is 65.2 Å². The minimum atomic E-state index is 0.653. The molecule has 0 aromatic heterocycles. The second kappa shape index (κ2) is 11.6. The second-order valence-electron chi connectivity index (χ2n) is 6.71. The molecule has 2 unspecified atom stereocenters. The number of nitrogens with zero attached hydrogens (tertiary/aromatic N) is 1. The van der Waals surface area contributed by atoms with Crippen molar-refractivity contribution in [3.05, 3.63) is 0 Å². The summed E-state index contributed by atoms with van der Waals surface area (Å²) in [6, 6.07) is 0.653. The lowest BCUT2D eigenvalue weighted by Gasteiger charge is -2.37. The van der Waals surface area contributed by atoms with E-state index < -0.39 is 0 Å². The van der Waals surface area contributed by atoms with Gasteiger partial charge in [0.2, 0.25) is 0 Å². The Kier molecular flexibility index (Phi) is 10.4. The highest BCUT2D eigenvalue weighted by Crippen LogP contribution is 2.22. The average molecular weight is 283 g/mol. The molecule has 2 N–H and O–H groups in total. The summed E-state index contributed by atoms with van der Waals surface area (Å²) in [7, 11) is 0. The number of unbranched alkanes of at least 4 members (excludes halogenated alkanes) is 6. The Morgan fingerprint density at radius 1 is 1.05 bits per heavy atom. The van der Waals surface area contributed by atoms with E-state index in [-0.39, 0.29) is 0 Å². The molecule has 0 aromatic carbocycles. The van der Waals surface area contributed by atoms with Gasteiger partial charge in [0.1, 0.15) is 0 Å². The second-order valence-corrected chi connectivity index (χ2v) is 6.71. The van der Waals surface area contributed by atoms with Crippen molar-refractivity contribution < 1.29 is 0 Å². The van der Waals surface area contributed by atoms with Crippen molar-refractivity contribution in [2.24, 2.45) is 11.7 Å². The Morgan fingerprint density at radius 2 is 1.75 bits per heavy atom. The van der Waals surface area contributed by atoms with Gasteiger partial charge in [0.25, 0.3) is 0 Å². The van der Waals surface area contributed by atoms with Crippen LogP contribution in [0.4, 0.5) is 0 Å². The van der Waals surface area contributed by atoms with Crippen LogP contribution in [0, 0.1) is 5.92 Å². The number of nitrogens with two attached hydrogens (primary N) is 1. The predicted molar refractivity (Wildman–Crippen MR) is 90.0 cm³/mol. The molecular weight excluding hydrogens is 244 g/mol. The number of piperidine rings is 1. The zero-order valence-corrected chi connectivity index (χ0v) is 14.1. The van der Waals surface area contributed by atoms with Crippen LogP contribution >= 0.6 is 0 Å². The first-order chi connectivity index (χ1) is 9.81. The summed E-state index contributed by atoms with van der Waals surface area (Å²) in [4.78, 5) is 2.69. The lowest BCUT2D eigenvalue weighted by Crippen LogP contribution is -2.46. The van der Waals surface area contributed by atoms with Crippen molar-refractivity contribution in [1.29, 1.82) is 0 Å². The molecule has 1 fully saturated rings. The fourth-order valence-corrected chi connectivity index (χ4v) is 3.55. The van der Waals surface area contributed by atoms with E-state index in [1.165, 1.54) is 83.7 Å². The highest BCUT2D eigenvalue weighted by molar-refractivity contribution is 4.79. The third-order valence-corrected chi connectivity index (χ3v) is 5.06. The molecule has 1 heterocycles. The van der Waals surface area contributed by atoms with Gasteiger partial charge in [-0.2, -0.15) is 0 Å². The SMILES string of the molecule is CCCCCCCCCC(CN)N1CCCC(CC)C1. The third kappa shape index (κ3) is 7.08. The highest BCUT2D eigenvalue weighted by Gasteiger charge is 2.23. The lowest BCUT2D eigenvalue weighted by molar-refractivity contribution is 0.117. The molecule has 0 bridgehead atoms. The van der Waals surface area contributed by atoms with Gasteiger partial charge < -0.3 is 5.73 Å². The summed E-state index contributed by atoms with van der Waals surface area (Å²) in [6.07, 6.45) is 15.3. The minimum Gasteiger partial charge on any atom is -0.329 e. The van der Waals surface area contributed by atoms with E-state index >= 15 is 0 Å². The predicted octanol–water partition coefficient (Wildman–Crippen LogP) is 4.58. The fourth-order valence-electron chi connectivity index (χ4n) is 3.55. The molecule has 0 radical (unpaired) electrons. The van der Waals surface area contributed by atoms with E-state index in [9.17, 15) is 0 Å². The van der Waals surface area contributed by atoms with E-state index in [1.807, 2.05) is 0 Å². The summed E-state index contributed by atoms with van der Waals surface area (Å²) in [5.74, 6) is 0.923. The topological polar surface area (TPSA) is 29.3 Å². The minimum absolute atomic E-state index is 0.653. The summed E-state index contributed by atoms with van der Waals surface area (Å²) in [5, 5.41) is 0. The van der Waals surface area contributed by atoms with Crippen molar-refractivity contribution in [2.75, 3.05) is 19.6 Å². The van der Waals surface area contributed by atoms with Crippen LogP contribution in [0.1, 0.15) is 84.5 Å². The van der Waals surface area contributed by atoms with Gasteiger partial charge in [-0.3, -0.25) is 4.90 Å². The van der Waals surface area contributed by atoms with Gasteiger partial charge in [0, 0.05) is 19.1 Å². The van der Waals surface area contributed by atoms with Crippen molar-refractivity contribution in [3.8, 4) is 0 Å². The molecule has 0 aromatic rings. The first-order valence-corrected chi connectivity index (χ1v) is 9.25. The highest BCUT2D eigenvalue weighted by atomic mass is 15.2. The molecule has 1 aliphatic heterocycles. The van der Waals surface area contributed by atoms with E-state index in [0.29, 0.717) is 6.04 Å². The number of likely N-dealkylation sites (tertiary alicyclic amines) is 1. The molecule has 0 aliphatic carbocycles. The van der Waals surface area contributed by atoms with Crippen molar-refractivity contribution in [1.82, 2.24) is 4.90 Å². The number of hydrogen-bond acceptors (Lipinski definition) is 2. The standard InChI is InChI=1S/C18H38N2/c1-3-5-6-7-8-9-10-13-18(15-19)20-14-11-12-17(4-2)16-20/h17-18H,3-16,19H2,1-2H3. The Morgan fingerprint density at radius 3 is 2.40 bits per heavy atom. The van der Waals surface area contributed by atoms with Crippen LogP contribution in [-0.2, 0) is 0 Å². The van der Waals surface area contributed by atoms with Crippen LogP contribution in [0.25, 0.3) is 0 Å². The van der Waals surface area contributed by atoms with Crippen molar-refractivity contribution in [2.45, 2.75) is 90.5 Å². The van der Waals surface area contributed by atoms with Gasteiger partial charge in [0.15, 0.2) is 0 Å². The Hall–Kier alpha value is -0.0800. The molecule has 1 rings (SSSR count). The molecule has 0 amide bonds. The lowest BCUT2D eigenvalue weighted by atomic mass is 9.93. The zero-order valence-electron chi connectivity index (χ0n) is 14.1. The van der Waals surface area contributed by atoms with Gasteiger partial charge in [-0.15, -0.1) is 0 Å². The summed E-state index contributed by atoms with van der Waals surface area (Å²) in [5.41, 5.74) is 6.03. The van der Waals surface area contributed by atoms with Crippen molar-refractivity contribution in [3.63, 3.8) is 0 Å².